The van der Waals surface area contributed by atoms with Crippen molar-refractivity contribution in [3.8, 4) is 0 Å². The van der Waals surface area contributed by atoms with Gasteiger partial charge in [0.05, 0.1) is 0 Å². The summed E-state index contributed by atoms with van der Waals surface area (Å²) in [5.41, 5.74) is 7.87. The minimum atomic E-state index is 0.0713. The summed E-state index contributed by atoms with van der Waals surface area (Å²) in [5.74, 6) is 0.0713. The molecule has 0 fully saturated rings. The highest BCUT2D eigenvalue weighted by atomic mass is 16.1. The third-order valence-electron chi connectivity index (χ3n) is 3.12. The van der Waals surface area contributed by atoms with Gasteiger partial charge >= 0.3 is 0 Å². The van der Waals surface area contributed by atoms with Gasteiger partial charge < -0.3 is 11.1 Å². The van der Waals surface area contributed by atoms with Crippen molar-refractivity contribution in [3.63, 3.8) is 0 Å². The van der Waals surface area contributed by atoms with Crippen LogP contribution in [-0.2, 0) is 11.2 Å². The van der Waals surface area contributed by atoms with Gasteiger partial charge in [-0.05, 0) is 50.3 Å². The summed E-state index contributed by atoms with van der Waals surface area (Å²) in [5, 5.41) is 2.92. The number of benzene rings is 1. The second-order valence-electron chi connectivity index (χ2n) is 5.22. The van der Waals surface area contributed by atoms with Crippen LogP contribution in [0.4, 0.5) is 5.69 Å². The molecule has 0 bridgehead atoms. The number of anilines is 1. The van der Waals surface area contributed by atoms with Gasteiger partial charge in [-0.15, -0.1) is 0 Å². The zero-order chi connectivity index (χ0) is 14.1. The Hall–Kier alpha value is -1.35. The first-order valence-corrected chi connectivity index (χ1v) is 7.26. The van der Waals surface area contributed by atoms with Crippen LogP contribution < -0.4 is 11.1 Å². The Balaban J connectivity index is 2.33. The van der Waals surface area contributed by atoms with Crippen molar-refractivity contribution in [1.29, 1.82) is 0 Å². The van der Waals surface area contributed by atoms with E-state index in [2.05, 4.69) is 24.4 Å². The molecule has 19 heavy (non-hydrogen) atoms. The number of amides is 1. The summed E-state index contributed by atoms with van der Waals surface area (Å²) in [6.45, 7) is 4.16. The quantitative estimate of drug-likeness (QED) is 0.753. The Morgan fingerprint density at radius 3 is 2.53 bits per heavy atom. The Morgan fingerprint density at radius 1 is 1.26 bits per heavy atom. The van der Waals surface area contributed by atoms with Gasteiger partial charge in [-0.1, -0.05) is 25.5 Å². The molecular formula is C16H26N2O. The van der Waals surface area contributed by atoms with E-state index < -0.39 is 0 Å². The molecule has 0 radical (unpaired) electrons. The number of aryl methyl sites for hydroxylation is 1. The van der Waals surface area contributed by atoms with Gasteiger partial charge in [0.15, 0.2) is 0 Å². The van der Waals surface area contributed by atoms with Crippen LogP contribution in [0.2, 0.25) is 0 Å². The molecule has 0 saturated carbocycles. The van der Waals surface area contributed by atoms with Crippen LogP contribution in [0.25, 0.3) is 0 Å². The number of nitrogens with two attached hydrogens (primary N) is 1. The van der Waals surface area contributed by atoms with Crippen molar-refractivity contribution in [2.24, 2.45) is 5.73 Å². The van der Waals surface area contributed by atoms with Crippen LogP contribution in [0.1, 0.15) is 51.5 Å². The summed E-state index contributed by atoms with van der Waals surface area (Å²) < 4.78 is 0. The van der Waals surface area contributed by atoms with Gasteiger partial charge in [0, 0.05) is 18.2 Å². The first-order valence-electron chi connectivity index (χ1n) is 7.26. The molecule has 0 spiro atoms. The molecule has 0 aliphatic heterocycles. The SMILES string of the molecule is CCCCc1ccc(NC(=O)CCCC(C)N)cc1. The van der Waals surface area contributed by atoms with Crippen LogP contribution in [0.3, 0.4) is 0 Å². The molecule has 1 aromatic rings. The molecule has 1 rings (SSSR count). The fourth-order valence-corrected chi connectivity index (χ4v) is 1.94. The molecule has 1 atom stereocenters. The maximum atomic E-state index is 11.7. The first-order chi connectivity index (χ1) is 9.11. The van der Waals surface area contributed by atoms with Crippen LogP contribution in [0.5, 0.6) is 0 Å². The molecule has 0 aliphatic carbocycles. The molecule has 3 N–H and O–H groups in total. The number of hydrogen-bond acceptors (Lipinski definition) is 2. The number of carbonyl (C=O) groups excluding carboxylic acids is 1. The number of carbonyl (C=O) groups is 1. The lowest BCUT2D eigenvalue weighted by Crippen LogP contribution is -2.16. The smallest absolute Gasteiger partial charge is 0.224 e. The maximum absolute atomic E-state index is 11.7. The maximum Gasteiger partial charge on any atom is 0.224 e. The van der Waals surface area contributed by atoms with E-state index in [9.17, 15) is 4.79 Å². The second-order valence-corrected chi connectivity index (χ2v) is 5.22. The standard InChI is InChI=1S/C16H26N2O/c1-3-4-7-14-9-11-15(12-10-14)18-16(19)8-5-6-13(2)17/h9-13H,3-8,17H2,1-2H3,(H,18,19). The average molecular weight is 262 g/mol. The number of hydrogen-bond donors (Lipinski definition) is 2. The highest BCUT2D eigenvalue weighted by Crippen LogP contribution is 2.12. The summed E-state index contributed by atoms with van der Waals surface area (Å²) in [4.78, 5) is 11.7. The van der Waals surface area contributed by atoms with Gasteiger partial charge in [0.2, 0.25) is 5.91 Å². The van der Waals surface area contributed by atoms with Crippen LogP contribution in [-0.4, -0.2) is 11.9 Å². The van der Waals surface area contributed by atoms with Gasteiger partial charge in [-0.25, -0.2) is 0 Å². The van der Waals surface area contributed by atoms with E-state index in [-0.39, 0.29) is 11.9 Å². The van der Waals surface area contributed by atoms with Gasteiger partial charge in [0.25, 0.3) is 0 Å². The topological polar surface area (TPSA) is 55.1 Å². The predicted octanol–water partition coefficient (Wildman–Crippen LogP) is 3.49. The molecule has 0 aromatic heterocycles. The molecule has 3 nitrogen and oxygen atoms in total. The second kappa shape index (κ2) is 8.70. The van der Waals surface area contributed by atoms with Gasteiger partial charge in [-0.2, -0.15) is 0 Å². The molecule has 106 valence electrons. The normalized spacial score (nSPS) is 12.2. The zero-order valence-electron chi connectivity index (χ0n) is 12.1. The Labute approximate surface area is 116 Å². The van der Waals surface area contributed by atoms with Crippen LogP contribution in [0, 0.1) is 0 Å². The molecular weight excluding hydrogens is 236 g/mol. The minimum absolute atomic E-state index is 0.0713. The van der Waals surface area contributed by atoms with Crippen LogP contribution >= 0.6 is 0 Å². The molecule has 0 saturated heterocycles. The van der Waals surface area contributed by atoms with E-state index in [1.54, 1.807) is 0 Å². The summed E-state index contributed by atoms with van der Waals surface area (Å²) >= 11 is 0. The molecule has 0 heterocycles. The summed E-state index contributed by atoms with van der Waals surface area (Å²) in [6, 6.07) is 8.31. The van der Waals surface area contributed by atoms with Crippen molar-refractivity contribution in [1.82, 2.24) is 0 Å². The Bertz CT molecular complexity index is 371. The number of rotatable bonds is 8. The predicted molar refractivity (Wildman–Crippen MR) is 81.2 cm³/mol. The lowest BCUT2D eigenvalue weighted by Gasteiger charge is -2.07. The van der Waals surface area contributed by atoms with Crippen molar-refractivity contribution in [2.45, 2.75) is 58.4 Å². The van der Waals surface area contributed by atoms with E-state index >= 15 is 0 Å². The summed E-state index contributed by atoms with van der Waals surface area (Å²) in [7, 11) is 0. The van der Waals surface area contributed by atoms with Crippen molar-refractivity contribution >= 4 is 11.6 Å². The number of nitrogens with one attached hydrogen (secondary N) is 1. The lowest BCUT2D eigenvalue weighted by atomic mass is 10.1. The largest absolute Gasteiger partial charge is 0.328 e. The highest BCUT2D eigenvalue weighted by Gasteiger charge is 2.03. The minimum Gasteiger partial charge on any atom is -0.328 e. The van der Waals surface area contributed by atoms with Crippen molar-refractivity contribution in [3.05, 3.63) is 29.8 Å². The Morgan fingerprint density at radius 2 is 1.95 bits per heavy atom. The lowest BCUT2D eigenvalue weighted by molar-refractivity contribution is -0.116. The third kappa shape index (κ3) is 6.97. The Kier molecular flexibility index (Phi) is 7.19. The van der Waals surface area contributed by atoms with Crippen LogP contribution in [0.15, 0.2) is 24.3 Å². The average Bonchev–Trinajstić information content (AvgIpc) is 2.37. The molecule has 1 aromatic carbocycles. The van der Waals surface area contributed by atoms with E-state index in [1.165, 1.54) is 18.4 Å². The van der Waals surface area contributed by atoms with E-state index in [0.717, 1.165) is 24.9 Å². The summed E-state index contributed by atoms with van der Waals surface area (Å²) in [6.07, 6.45) is 5.81. The van der Waals surface area contributed by atoms with E-state index in [1.807, 2.05) is 19.1 Å². The number of unbranched alkanes of at least 4 members (excludes halogenated alkanes) is 1. The van der Waals surface area contributed by atoms with E-state index in [4.69, 9.17) is 5.73 Å². The molecule has 3 heteroatoms. The fraction of sp³-hybridized carbons (Fsp3) is 0.562. The monoisotopic (exact) mass is 262 g/mol. The molecule has 1 unspecified atom stereocenters. The third-order valence-corrected chi connectivity index (χ3v) is 3.12. The molecule has 0 aliphatic rings. The highest BCUT2D eigenvalue weighted by molar-refractivity contribution is 5.90. The zero-order valence-corrected chi connectivity index (χ0v) is 12.1. The fourth-order valence-electron chi connectivity index (χ4n) is 1.94. The molecule has 1 amide bonds. The van der Waals surface area contributed by atoms with Crippen molar-refractivity contribution in [2.75, 3.05) is 5.32 Å². The van der Waals surface area contributed by atoms with Gasteiger partial charge in [0.1, 0.15) is 0 Å². The van der Waals surface area contributed by atoms with Crippen molar-refractivity contribution < 1.29 is 4.79 Å². The van der Waals surface area contributed by atoms with E-state index in [0.29, 0.717) is 6.42 Å². The van der Waals surface area contributed by atoms with Gasteiger partial charge in [-0.3, -0.25) is 4.79 Å². The first kappa shape index (κ1) is 15.7.